The number of hydrogen-bond donors (Lipinski definition) is 2. The van der Waals surface area contributed by atoms with Gasteiger partial charge in [-0.1, -0.05) is 0 Å². The molecule has 150 valence electrons. The zero-order valence-electron chi connectivity index (χ0n) is 16.0. The Morgan fingerprint density at radius 3 is 2.79 bits per heavy atom. The summed E-state index contributed by atoms with van der Waals surface area (Å²) in [5.41, 5.74) is 1.54. The summed E-state index contributed by atoms with van der Waals surface area (Å²) < 4.78 is 18.2. The van der Waals surface area contributed by atoms with Gasteiger partial charge in [0, 0.05) is 23.5 Å². The quantitative estimate of drug-likeness (QED) is 0.531. The monoisotopic (exact) mass is 423 g/mol. The van der Waals surface area contributed by atoms with E-state index >= 15 is 0 Å². The van der Waals surface area contributed by atoms with Crippen LogP contribution in [0.4, 0.5) is 9.39 Å². The Morgan fingerprint density at radius 1 is 1.32 bits per heavy atom. The fraction of sp³-hybridized carbons (Fsp3) is 0.400. The number of anilines is 1. The molecule has 1 aromatic carbocycles. The first kappa shape index (κ1) is 20.8. The molecular weight excluding hydrogens is 399 g/mol. The maximum absolute atomic E-state index is 12.9. The van der Waals surface area contributed by atoms with Crippen LogP contribution in [-0.2, 0) is 22.5 Å². The van der Waals surface area contributed by atoms with Gasteiger partial charge in [-0.25, -0.2) is 9.18 Å². The van der Waals surface area contributed by atoms with Crippen LogP contribution in [0.5, 0.6) is 0 Å². The number of likely N-dealkylation sites (N-methyl/N-ethyl adjacent to an activating group) is 1. The van der Waals surface area contributed by atoms with Crippen molar-refractivity contribution in [3.05, 3.63) is 46.1 Å². The minimum absolute atomic E-state index is 0.139. The van der Waals surface area contributed by atoms with E-state index in [1.165, 1.54) is 40.1 Å². The second kappa shape index (κ2) is 9.54. The highest BCUT2D eigenvalue weighted by Crippen LogP contribution is 2.35. The van der Waals surface area contributed by atoms with E-state index in [-0.39, 0.29) is 17.7 Å². The van der Waals surface area contributed by atoms with Gasteiger partial charge in [0.15, 0.2) is 0 Å². The van der Waals surface area contributed by atoms with Crippen LogP contribution < -0.4 is 10.2 Å². The number of benzene rings is 1. The summed E-state index contributed by atoms with van der Waals surface area (Å²) in [6.07, 6.45) is 1.11. The van der Waals surface area contributed by atoms with Crippen molar-refractivity contribution in [1.82, 2.24) is 0 Å². The fourth-order valence-electron chi connectivity index (χ4n) is 3.11. The maximum Gasteiger partial charge on any atom is 0.341 e. The first-order valence-corrected chi connectivity index (χ1v) is 11.1. The molecule has 0 aliphatic carbocycles. The third-order valence-electron chi connectivity index (χ3n) is 4.50. The molecule has 0 saturated heterocycles. The van der Waals surface area contributed by atoms with E-state index < -0.39 is 0 Å². The molecule has 28 heavy (non-hydrogen) atoms. The second-order valence-corrected chi connectivity index (χ2v) is 8.94. The van der Waals surface area contributed by atoms with E-state index in [1.54, 1.807) is 19.1 Å². The molecule has 1 atom stereocenters. The van der Waals surface area contributed by atoms with Gasteiger partial charge in [0.2, 0.25) is 5.91 Å². The van der Waals surface area contributed by atoms with Crippen molar-refractivity contribution in [3.8, 4) is 0 Å². The molecular formula is C20H24FN2O3S2+. The van der Waals surface area contributed by atoms with E-state index in [0.29, 0.717) is 29.3 Å². The average molecular weight is 424 g/mol. The number of fused-ring (bicyclic) bond motifs is 1. The van der Waals surface area contributed by atoms with Crippen molar-refractivity contribution >= 4 is 40.0 Å². The first-order valence-electron chi connectivity index (χ1n) is 9.29. The SMILES string of the molecule is CCOC(=O)c1c(NC(=O)CCSc2ccc(F)cc2)sc2c1CC[NH+](C)C2. The van der Waals surface area contributed by atoms with Crippen LogP contribution in [-0.4, -0.2) is 37.8 Å². The van der Waals surface area contributed by atoms with Crippen LogP contribution >= 0.6 is 23.1 Å². The number of thiophene rings is 1. The summed E-state index contributed by atoms with van der Waals surface area (Å²) in [7, 11) is 2.12. The summed E-state index contributed by atoms with van der Waals surface area (Å²) in [6.45, 7) is 3.89. The van der Waals surface area contributed by atoms with E-state index in [1.807, 2.05) is 0 Å². The maximum atomic E-state index is 12.9. The Balaban J connectivity index is 1.66. The fourth-order valence-corrected chi connectivity index (χ4v) is 5.33. The van der Waals surface area contributed by atoms with Crippen LogP contribution in [0.2, 0.25) is 0 Å². The highest BCUT2D eigenvalue weighted by molar-refractivity contribution is 7.99. The lowest BCUT2D eigenvalue weighted by Gasteiger charge is -2.19. The molecule has 8 heteroatoms. The van der Waals surface area contributed by atoms with Gasteiger partial charge in [0.25, 0.3) is 0 Å². The molecule has 0 saturated carbocycles. The van der Waals surface area contributed by atoms with Gasteiger partial charge >= 0.3 is 5.97 Å². The molecule has 3 rings (SSSR count). The van der Waals surface area contributed by atoms with E-state index in [2.05, 4.69) is 12.4 Å². The van der Waals surface area contributed by atoms with Gasteiger partial charge in [0.1, 0.15) is 17.4 Å². The molecule has 5 nitrogen and oxygen atoms in total. The van der Waals surface area contributed by atoms with Crippen molar-refractivity contribution < 1.29 is 23.6 Å². The number of esters is 1. The van der Waals surface area contributed by atoms with Gasteiger partial charge in [-0.2, -0.15) is 0 Å². The van der Waals surface area contributed by atoms with Crippen molar-refractivity contribution in [2.75, 3.05) is 31.3 Å². The minimum atomic E-state index is -0.365. The van der Waals surface area contributed by atoms with Crippen LogP contribution in [0.3, 0.4) is 0 Å². The van der Waals surface area contributed by atoms with Gasteiger partial charge in [0.05, 0.1) is 30.6 Å². The molecule has 1 unspecified atom stereocenters. The highest BCUT2D eigenvalue weighted by atomic mass is 32.2. The summed E-state index contributed by atoms with van der Waals surface area (Å²) in [5.74, 6) is -0.206. The standard InChI is InChI=1S/C20H23FN2O3S2/c1-3-26-20(25)18-15-8-10-23(2)12-16(15)28-19(18)22-17(24)9-11-27-14-6-4-13(21)5-7-14/h4-7H,3,8-12H2,1-2H3,(H,22,24)/p+1. The molecule has 1 aliphatic heterocycles. The molecule has 1 aliphatic rings. The lowest BCUT2D eigenvalue weighted by molar-refractivity contribution is -0.895. The number of rotatable bonds is 7. The number of thioether (sulfide) groups is 1. The molecule has 1 aromatic heterocycles. The van der Waals surface area contributed by atoms with Gasteiger partial charge in [-0.15, -0.1) is 23.1 Å². The van der Waals surface area contributed by atoms with Crippen LogP contribution in [0.15, 0.2) is 29.2 Å². The van der Waals surface area contributed by atoms with Gasteiger partial charge < -0.3 is 15.0 Å². The molecule has 2 heterocycles. The average Bonchev–Trinajstić information content (AvgIpc) is 3.00. The molecule has 0 fully saturated rings. The third kappa shape index (κ3) is 5.12. The minimum Gasteiger partial charge on any atom is -0.462 e. The van der Waals surface area contributed by atoms with Crippen molar-refractivity contribution in [1.29, 1.82) is 0 Å². The third-order valence-corrected chi connectivity index (χ3v) is 6.66. The molecule has 0 spiro atoms. The van der Waals surface area contributed by atoms with Crippen molar-refractivity contribution in [2.45, 2.75) is 31.2 Å². The van der Waals surface area contributed by atoms with Crippen molar-refractivity contribution in [3.63, 3.8) is 0 Å². The Morgan fingerprint density at radius 2 is 2.07 bits per heavy atom. The van der Waals surface area contributed by atoms with Gasteiger partial charge in [-0.3, -0.25) is 4.79 Å². The van der Waals surface area contributed by atoms with Gasteiger partial charge in [-0.05, 0) is 36.8 Å². The Kier molecular flexibility index (Phi) is 7.09. The predicted molar refractivity (Wildman–Crippen MR) is 110 cm³/mol. The first-order chi connectivity index (χ1) is 13.5. The number of carbonyl (C=O) groups excluding carboxylic acids is 2. The summed E-state index contributed by atoms with van der Waals surface area (Å²) in [5, 5.41) is 3.51. The predicted octanol–water partition coefficient (Wildman–Crippen LogP) is 2.76. The number of hydrogen-bond acceptors (Lipinski definition) is 5. The topological polar surface area (TPSA) is 59.8 Å². The number of nitrogens with one attached hydrogen (secondary N) is 2. The number of amides is 1. The Bertz CT molecular complexity index is 852. The summed E-state index contributed by atoms with van der Waals surface area (Å²) in [6, 6.07) is 6.21. The smallest absolute Gasteiger partial charge is 0.341 e. The largest absolute Gasteiger partial charge is 0.462 e. The molecule has 0 bridgehead atoms. The molecule has 2 aromatic rings. The van der Waals surface area contributed by atoms with Crippen LogP contribution in [0, 0.1) is 5.82 Å². The molecule has 2 N–H and O–H groups in total. The number of quaternary nitrogens is 1. The van der Waals surface area contributed by atoms with E-state index in [4.69, 9.17) is 4.74 Å². The van der Waals surface area contributed by atoms with Crippen LogP contribution in [0.1, 0.15) is 34.1 Å². The zero-order chi connectivity index (χ0) is 20.1. The van der Waals surface area contributed by atoms with Crippen LogP contribution in [0.25, 0.3) is 0 Å². The van der Waals surface area contributed by atoms with E-state index in [0.717, 1.165) is 34.8 Å². The van der Waals surface area contributed by atoms with Crippen molar-refractivity contribution in [2.24, 2.45) is 0 Å². The summed E-state index contributed by atoms with van der Waals surface area (Å²) in [4.78, 5) is 28.4. The Hall–Kier alpha value is -1.90. The lowest BCUT2D eigenvalue weighted by Crippen LogP contribution is -3.08. The lowest BCUT2D eigenvalue weighted by atomic mass is 10.0. The van der Waals surface area contributed by atoms with E-state index in [9.17, 15) is 14.0 Å². The zero-order valence-corrected chi connectivity index (χ0v) is 17.6. The second-order valence-electron chi connectivity index (χ2n) is 6.66. The highest BCUT2D eigenvalue weighted by Gasteiger charge is 2.30. The summed E-state index contributed by atoms with van der Waals surface area (Å²) >= 11 is 2.97. The number of ether oxygens (including phenoxy) is 1. The normalized spacial score (nSPS) is 15.8. The Labute approximate surface area is 172 Å². The molecule has 1 amide bonds. The number of carbonyl (C=O) groups is 2. The number of halogens is 1. The molecule has 0 radical (unpaired) electrons.